The fraction of sp³-hybridized carbons (Fsp3) is 0.417. The molecule has 1 unspecified atom stereocenters. The first-order chi connectivity index (χ1) is 7.43. The minimum atomic E-state index is -0.684. The lowest BCUT2D eigenvalue weighted by atomic mass is 9.99. The Hall–Kier alpha value is -1.39. The maximum absolute atomic E-state index is 11.5. The summed E-state index contributed by atoms with van der Waals surface area (Å²) in [4.78, 5) is 11.5. The molecule has 0 fully saturated rings. The molecule has 1 rings (SSSR count). The highest BCUT2D eigenvalue weighted by atomic mass is 16.2. The molecule has 0 bridgehead atoms. The topological polar surface area (TPSA) is 72.4 Å². The van der Waals surface area contributed by atoms with Crippen molar-refractivity contribution in [3.63, 3.8) is 0 Å². The third-order valence-electron chi connectivity index (χ3n) is 2.58. The minimum Gasteiger partial charge on any atom is -0.316 e. The molecule has 0 aliphatic carbocycles. The number of hydrogen-bond donors (Lipinski definition) is 2. The number of hydrazine groups is 1. The second kappa shape index (κ2) is 5.09. The molecule has 4 N–H and O–H groups in total. The van der Waals surface area contributed by atoms with Gasteiger partial charge in [0.1, 0.15) is 6.04 Å². The van der Waals surface area contributed by atoms with Gasteiger partial charge in [-0.3, -0.25) is 9.80 Å². The molecule has 0 spiro atoms. The summed E-state index contributed by atoms with van der Waals surface area (Å²) in [5.41, 5.74) is 7.80. The van der Waals surface area contributed by atoms with Crippen molar-refractivity contribution in [3.8, 4) is 0 Å². The summed E-state index contributed by atoms with van der Waals surface area (Å²) < 4.78 is 0. The Morgan fingerprint density at radius 3 is 2.00 bits per heavy atom. The lowest BCUT2D eigenvalue weighted by Crippen LogP contribution is -2.40. The SMILES string of the molecule is CC(C)c1ccc(C(N)C(=O)N(C)N)cc1. The average Bonchev–Trinajstić information content (AvgIpc) is 2.27. The van der Waals surface area contributed by atoms with Crippen molar-refractivity contribution in [2.75, 3.05) is 7.05 Å². The number of carbonyl (C=O) groups excluding carboxylic acids is 1. The number of rotatable bonds is 3. The van der Waals surface area contributed by atoms with E-state index in [-0.39, 0.29) is 5.91 Å². The Kier molecular flexibility index (Phi) is 4.04. The van der Waals surface area contributed by atoms with Gasteiger partial charge >= 0.3 is 0 Å². The number of hydrogen-bond acceptors (Lipinski definition) is 3. The van der Waals surface area contributed by atoms with Crippen LogP contribution >= 0.6 is 0 Å². The molecular weight excluding hydrogens is 202 g/mol. The van der Waals surface area contributed by atoms with Gasteiger partial charge in [-0.15, -0.1) is 0 Å². The number of benzene rings is 1. The molecule has 0 saturated heterocycles. The van der Waals surface area contributed by atoms with Gasteiger partial charge in [0.2, 0.25) is 0 Å². The Morgan fingerprint density at radius 2 is 1.62 bits per heavy atom. The van der Waals surface area contributed by atoms with E-state index in [0.29, 0.717) is 5.92 Å². The van der Waals surface area contributed by atoms with Crippen LogP contribution in [0.2, 0.25) is 0 Å². The summed E-state index contributed by atoms with van der Waals surface area (Å²) in [7, 11) is 1.49. The molecule has 1 aromatic carbocycles. The van der Waals surface area contributed by atoms with Crippen LogP contribution in [0.5, 0.6) is 0 Å². The van der Waals surface area contributed by atoms with Crippen LogP contribution in [-0.2, 0) is 4.79 Å². The van der Waals surface area contributed by atoms with Crippen LogP contribution in [0.15, 0.2) is 24.3 Å². The van der Waals surface area contributed by atoms with E-state index in [9.17, 15) is 4.79 Å². The van der Waals surface area contributed by atoms with Gasteiger partial charge in [-0.2, -0.15) is 0 Å². The summed E-state index contributed by atoms with van der Waals surface area (Å²) in [5, 5.41) is 1.01. The largest absolute Gasteiger partial charge is 0.316 e. The van der Waals surface area contributed by atoms with Gasteiger partial charge in [-0.1, -0.05) is 38.1 Å². The van der Waals surface area contributed by atoms with Crippen LogP contribution in [0.3, 0.4) is 0 Å². The van der Waals surface area contributed by atoms with E-state index in [4.69, 9.17) is 11.6 Å². The van der Waals surface area contributed by atoms with Gasteiger partial charge in [0.15, 0.2) is 0 Å². The molecule has 0 aromatic heterocycles. The number of nitrogens with zero attached hydrogens (tertiary/aromatic N) is 1. The van der Waals surface area contributed by atoms with Crippen molar-refractivity contribution < 1.29 is 4.79 Å². The summed E-state index contributed by atoms with van der Waals surface area (Å²) in [6.45, 7) is 4.24. The number of likely N-dealkylation sites (N-methyl/N-ethyl adjacent to an activating group) is 1. The highest BCUT2D eigenvalue weighted by Crippen LogP contribution is 2.18. The van der Waals surface area contributed by atoms with Crippen molar-refractivity contribution >= 4 is 5.91 Å². The Morgan fingerprint density at radius 1 is 1.19 bits per heavy atom. The Labute approximate surface area is 96.2 Å². The normalized spacial score (nSPS) is 12.6. The molecule has 0 aliphatic heterocycles. The van der Waals surface area contributed by atoms with Gasteiger partial charge in [0, 0.05) is 7.05 Å². The first-order valence-electron chi connectivity index (χ1n) is 5.31. The van der Waals surface area contributed by atoms with Gasteiger partial charge < -0.3 is 5.73 Å². The summed E-state index contributed by atoms with van der Waals surface area (Å²) in [6.07, 6.45) is 0. The van der Waals surface area contributed by atoms with E-state index in [0.717, 1.165) is 10.6 Å². The van der Waals surface area contributed by atoms with Crippen LogP contribution in [0.4, 0.5) is 0 Å². The fourth-order valence-corrected chi connectivity index (χ4v) is 1.45. The molecule has 0 radical (unpaired) electrons. The van der Waals surface area contributed by atoms with Crippen molar-refractivity contribution in [2.45, 2.75) is 25.8 Å². The van der Waals surface area contributed by atoms with Crippen molar-refractivity contribution in [3.05, 3.63) is 35.4 Å². The first-order valence-corrected chi connectivity index (χ1v) is 5.31. The lowest BCUT2D eigenvalue weighted by molar-refractivity contribution is -0.131. The Balaban J connectivity index is 2.85. The van der Waals surface area contributed by atoms with Crippen molar-refractivity contribution in [1.82, 2.24) is 5.01 Å². The van der Waals surface area contributed by atoms with Gasteiger partial charge in [-0.05, 0) is 17.0 Å². The zero-order chi connectivity index (χ0) is 12.3. The van der Waals surface area contributed by atoms with E-state index >= 15 is 0 Å². The third-order valence-corrected chi connectivity index (χ3v) is 2.58. The number of amides is 1. The highest BCUT2D eigenvalue weighted by Gasteiger charge is 2.17. The molecule has 1 aromatic rings. The second-order valence-electron chi connectivity index (χ2n) is 4.25. The van der Waals surface area contributed by atoms with Crippen molar-refractivity contribution in [1.29, 1.82) is 0 Å². The molecule has 4 nitrogen and oxygen atoms in total. The number of nitrogens with two attached hydrogens (primary N) is 2. The van der Waals surface area contributed by atoms with Crippen LogP contribution < -0.4 is 11.6 Å². The molecule has 1 atom stereocenters. The van der Waals surface area contributed by atoms with E-state index in [2.05, 4.69) is 13.8 Å². The van der Waals surface area contributed by atoms with Gasteiger partial charge in [0.05, 0.1) is 0 Å². The molecule has 16 heavy (non-hydrogen) atoms. The van der Waals surface area contributed by atoms with Crippen molar-refractivity contribution in [2.24, 2.45) is 11.6 Å². The van der Waals surface area contributed by atoms with Crippen LogP contribution in [0.25, 0.3) is 0 Å². The predicted molar refractivity (Wildman–Crippen MR) is 64.4 cm³/mol. The lowest BCUT2D eigenvalue weighted by Gasteiger charge is -2.17. The maximum Gasteiger partial charge on any atom is 0.257 e. The van der Waals surface area contributed by atoms with Crippen LogP contribution in [0, 0.1) is 0 Å². The maximum atomic E-state index is 11.5. The van der Waals surface area contributed by atoms with E-state index in [1.165, 1.54) is 12.6 Å². The average molecular weight is 221 g/mol. The first kappa shape index (κ1) is 12.7. The second-order valence-corrected chi connectivity index (χ2v) is 4.25. The quantitative estimate of drug-likeness (QED) is 0.457. The molecule has 0 aliphatic rings. The van der Waals surface area contributed by atoms with E-state index in [1.807, 2.05) is 24.3 Å². The van der Waals surface area contributed by atoms with Crippen LogP contribution in [-0.4, -0.2) is 18.0 Å². The number of carbonyl (C=O) groups is 1. The molecule has 0 saturated carbocycles. The predicted octanol–water partition coefficient (Wildman–Crippen LogP) is 1.14. The molecule has 0 heterocycles. The standard InChI is InChI=1S/C12H19N3O/c1-8(2)9-4-6-10(7-5-9)11(13)12(16)15(3)14/h4-8,11H,13-14H2,1-3H3. The minimum absolute atomic E-state index is 0.294. The zero-order valence-corrected chi connectivity index (χ0v) is 9.97. The third kappa shape index (κ3) is 2.81. The monoisotopic (exact) mass is 221 g/mol. The van der Waals surface area contributed by atoms with Gasteiger partial charge in [0.25, 0.3) is 5.91 Å². The fourth-order valence-electron chi connectivity index (χ4n) is 1.45. The molecule has 88 valence electrons. The summed E-state index contributed by atoms with van der Waals surface area (Å²) >= 11 is 0. The Bertz CT molecular complexity index is 357. The van der Waals surface area contributed by atoms with Gasteiger partial charge in [-0.25, -0.2) is 5.84 Å². The summed E-state index contributed by atoms with van der Waals surface area (Å²) in [5.74, 6) is 5.53. The molecule has 1 amide bonds. The molecular formula is C12H19N3O. The highest BCUT2D eigenvalue weighted by molar-refractivity contribution is 5.82. The van der Waals surface area contributed by atoms with E-state index in [1.54, 1.807) is 0 Å². The van der Waals surface area contributed by atoms with Crippen LogP contribution in [0.1, 0.15) is 36.9 Å². The smallest absolute Gasteiger partial charge is 0.257 e. The van der Waals surface area contributed by atoms with E-state index < -0.39 is 6.04 Å². The zero-order valence-electron chi connectivity index (χ0n) is 9.97. The molecule has 4 heteroatoms. The summed E-state index contributed by atoms with van der Waals surface area (Å²) in [6, 6.07) is 7.05.